The normalized spacial score (nSPS) is 24.0. The van der Waals surface area contributed by atoms with Gasteiger partial charge in [-0.3, -0.25) is 14.4 Å². The first-order chi connectivity index (χ1) is 11.9. The van der Waals surface area contributed by atoms with Crippen LogP contribution in [0.1, 0.15) is 26.2 Å². The number of amides is 1. The summed E-state index contributed by atoms with van der Waals surface area (Å²) in [5.74, 6) is 0.300. The molecule has 1 aromatic rings. The highest BCUT2D eigenvalue weighted by Crippen LogP contribution is 2.24. The zero-order chi connectivity index (χ0) is 18.0. The lowest BCUT2D eigenvalue weighted by Crippen LogP contribution is -2.58. The Morgan fingerprint density at radius 1 is 1.20 bits per heavy atom. The quantitative estimate of drug-likeness (QED) is 0.745. The smallest absolute Gasteiger partial charge is 0.244 e. The van der Waals surface area contributed by atoms with E-state index in [9.17, 15) is 13.2 Å². The minimum atomic E-state index is -3.15. The zero-order valence-electron chi connectivity index (χ0n) is 15.0. The van der Waals surface area contributed by atoms with Crippen LogP contribution in [0, 0.1) is 0 Å². The summed E-state index contributed by atoms with van der Waals surface area (Å²) in [6, 6.07) is -0.162. The van der Waals surface area contributed by atoms with Crippen molar-refractivity contribution in [1.29, 1.82) is 0 Å². The first kappa shape index (κ1) is 18.3. The molecule has 1 aromatic heterocycles. The zero-order valence-corrected chi connectivity index (χ0v) is 15.8. The number of rotatable bonds is 5. The number of hydrogen-bond acceptors (Lipinski definition) is 5. The first-order valence-corrected chi connectivity index (χ1v) is 10.5. The monoisotopic (exact) mass is 369 g/mol. The van der Waals surface area contributed by atoms with Gasteiger partial charge in [-0.15, -0.1) is 0 Å². The van der Waals surface area contributed by atoms with E-state index in [2.05, 4.69) is 10.00 Å². The molecule has 3 rings (SSSR count). The summed E-state index contributed by atoms with van der Waals surface area (Å²) < 4.78 is 27.7. The molecule has 0 saturated carbocycles. The Labute approximate surface area is 149 Å². The third-order valence-electron chi connectivity index (χ3n) is 4.98. The van der Waals surface area contributed by atoms with Gasteiger partial charge in [0.25, 0.3) is 0 Å². The highest BCUT2D eigenvalue weighted by atomic mass is 32.2. The highest BCUT2D eigenvalue weighted by molar-refractivity contribution is 7.89. The second kappa shape index (κ2) is 7.43. The van der Waals surface area contributed by atoms with Crippen molar-refractivity contribution in [2.75, 3.05) is 43.4 Å². The van der Waals surface area contributed by atoms with Gasteiger partial charge in [0.15, 0.2) is 0 Å². The molecule has 9 heteroatoms. The molecule has 0 bridgehead atoms. The van der Waals surface area contributed by atoms with Crippen molar-refractivity contribution in [2.45, 2.75) is 32.2 Å². The molecule has 1 amide bonds. The second-order valence-corrected chi connectivity index (χ2v) is 8.86. The minimum Gasteiger partial charge on any atom is -0.308 e. The van der Waals surface area contributed by atoms with Gasteiger partial charge in [0.1, 0.15) is 0 Å². The Morgan fingerprint density at radius 3 is 2.52 bits per heavy atom. The van der Waals surface area contributed by atoms with Gasteiger partial charge in [0.05, 0.1) is 23.7 Å². The van der Waals surface area contributed by atoms with Crippen molar-refractivity contribution < 1.29 is 13.2 Å². The van der Waals surface area contributed by atoms with Crippen LogP contribution in [0.5, 0.6) is 0 Å². The molecule has 8 nitrogen and oxygen atoms in total. The van der Waals surface area contributed by atoms with Crippen molar-refractivity contribution in [1.82, 2.24) is 19.0 Å². The van der Waals surface area contributed by atoms with Crippen LogP contribution >= 0.6 is 0 Å². The van der Waals surface area contributed by atoms with Crippen LogP contribution in [0.15, 0.2) is 12.4 Å². The molecule has 140 valence electrons. The van der Waals surface area contributed by atoms with Crippen LogP contribution in [-0.4, -0.2) is 77.8 Å². The molecule has 1 atom stereocenters. The number of aryl methyl sites for hydroxylation is 1. The molecule has 2 aliphatic rings. The number of carbonyl (C=O) groups excluding carboxylic acids is 1. The number of piperazine rings is 1. The second-order valence-electron chi connectivity index (χ2n) is 6.77. The van der Waals surface area contributed by atoms with Crippen LogP contribution in [0.25, 0.3) is 0 Å². The van der Waals surface area contributed by atoms with Gasteiger partial charge in [-0.05, 0) is 19.3 Å². The summed E-state index contributed by atoms with van der Waals surface area (Å²) in [7, 11) is -1.31. The van der Waals surface area contributed by atoms with E-state index in [0.29, 0.717) is 39.1 Å². The van der Waals surface area contributed by atoms with Crippen LogP contribution in [-0.2, 0) is 21.9 Å². The first-order valence-electron chi connectivity index (χ1n) is 8.94. The minimum absolute atomic E-state index is 0.101. The fourth-order valence-electron chi connectivity index (χ4n) is 3.68. The molecule has 0 radical (unpaired) electrons. The maximum atomic E-state index is 12.9. The number of hydrogen-bond donors (Lipinski definition) is 0. The number of carbonyl (C=O) groups is 1. The van der Waals surface area contributed by atoms with E-state index in [0.717, 1.165) is 18.5 Å². The summed E-state index contributed by atoms with van der Waals surface area (Å²) in [4.78, 5) is 16.9. The van der Waals surface area contributed by atoms with Crippen molar-refractivity contribution in [3.05, 3.63) is 12.4 Å². The van der Waals surface area contributed by atoms with E-state index >= 15 is 0 Å². The van der Waals surface area contributed by atoms with E-state index in [1.165, 1.54) is 0 Å². The number of nitrogens with zero attached hydrogens (tertiary/aromatic N) is 5. The lowest BCUT2D eigenvalue weighted by atomic mass is 10.0. The molecule has 2 aliphatic heterocycles. The third kappa shape index (κ3) is 3.88. The van der Waals surface area contributed by atoms with Gasteiger partial charge in [-0.1, -0.05) is 6.92 Å². The molecule has 0 spiro atoms. The predicted octanol–water partition coefficient (Wildman–Crippen LogP) is 0.273. The van der Waals surface area contributed by atoms with Gasteiger partial charge in [-0.2, -0.15) is 9.40 Å². The van der Waals surface area contributed by atoms with Crippen LogP contribution in [0.2, 0.25) is 0 Å². The van der Waals surface area contributed by atoms with E-state index in [4.69, 9.17) is 0 Å². The Hall–Kier alpha value is -1.45. The Kier molecular flexibility index (Phi) is 5.45. The van der Waals surface area contributed by atoms with Gasteiger partial charge in [-0.25, -0.2) is 8.42 Å². The fourth-order valence-corrected chi connectivity index (χ4v) is 5.17. The largest absolute Gasteiger partial charge is 0.308 e. The average Bonchev–Trinajstić information content (AvgIpc) is 3.01. The van der Waals surface area contributed by atoms with Gasteiger partial charge in [0, 0.05) is 46.0 Å². The summed E-state index contributed by atoms with van der Waals surface area (Å²) in [6.45, 7) is 4.76. The molecule has 25 heavy (non-hydrogen) atoms. The predicted molar refractivity (Wildman–Crippen MR) is 95.8 cm³/mol. The van der Waals surface area contributed by atoms with Gasteiger partial charge < -0.3 is 4.90 Å². The molecule has 2 fully saturated rings. The van der Waals surface area contributed by atoms with Crippen molar-refractivity contribution in [3.8, 4) is 0 Å². The average molecular weight is 369 g/mol. The number of sulfonamides is 1. The van der Waals surface area contributed by atoms with Crippen LogP contribution < -0.4 is 4.90 Å². The maximum Gasteiger partial charge on any atom is 0.244 e. The van der Waals surface area contributed by atoms with Crippen molar-refractivity contribution in [2.24, 2.45) is 7.05 Å². The lowest BCUT2D eigenvalue weighted by Gasteiger charge is -2.41. The molecule has 0 aromatic carbocycles. The maximum absolute atomic E-state index is 12.9. The summed E-state index contributed by atoms with van der Waals surface area (Å²) in [5, 5.41) is 4.15. The van der Waals surface area contributed by atoms with Gasteiger partial charge >= 0.3 is 0 Å². The Bertz CT molecular complexity index is 709. The van der Waals surface area contributed by atoms with Crippen LogP contribution in [0.4, 0.5) is 5.69 Å². The molecular weight excluding hydrogens is 342 g/mol. The summed E-state index contributed by atoms with van der Waals surface area (Å²) >= 11 is 0. The molecule has 2 saturated heterocycles. The summed E-state index contributed by atoms with van der Waals surface area (Å²) in [5.41, 5.74) is 0.835. The Balaban J connectivity index is 1.64. The number of piperidine rings is 1. The van der Waals surface area contributed by atoms with E-state index in [1.54, 1.807) is 20.1 Å². The molecule has 1 unspecified atom stereocenters. The molecule has 3 heterocycles. The topological polar surface area (TPSA) is 78.8 Å². The van der Waals surface area contributed by atoms with Crippen LogP contribution in [0.3, 0.4) is 0 Å². The van der Waals surface area contributed by atoms with Crippen molar-refractivity contribution >= 4 is 21.6 Å². The fraction of sp³-hybridized carbons (Fsp3) is 0.750. The van der Waals surface area contributed by atoms with E-state index in [1.807, 2.05) is 20.2 Å². The SMILES string of the molecule is CCCS(=O)(=O)N1CCN(C2CCCN(c3cnn(C)c3)C2=O)CC1. The molecule has 0 N–H and O–H groups in total. The van der Waals surface area contributed by atoms with Gasteiger partial charge in [0.2, 0.25) is 15.9 Å². The van der Waals surface area contributed by atoms with E-state index in [-0.39, 0.29) is 17.7 Å². The standard InChI is InChI=1S/C16H27N5O3S/c1-3-11-25(23,24)20-9-7-19(8-10-20)15-5-4-6-21(16(15)22)14-12-17-18(2)13-14/h12-13,15H,3-11H2,1-2H3. The summed E-state index contributed by atoms with van der Waals surface area (Å²) in [6.07, 6.45) is 5.98. The third-order valence-corrected chi connectivity index (χ3v) is 7.06. The Morgan fingerprint density at radius 2 is 1.92 bits per heavy atom. The number of aromatic nitrogens is 2. The molecular formula is C16H27N5O3S. The highest BCUT2D eigenvalue weighted by Gasteiger charge is 2.37. The van der Waals surface area contributed by atoms with Crippen molar-refractivity contribution in [3.63, 3.8) is 0 Å². The van der Waals surface area contributed by atoms with E-state index < -0.39 is 10.0 Å². The lowest BCUT2D eigenvalue weighted by molar-refractivity contribution is -0.125. The number of anilines is 1. The molecule has 0 aliphatic carbocycles.